The highest BCUT2D eigenvalue weighted by atomic mass is 19.4. The zero-order chi connectivity index (χ0) is 27.7. The second-order valence-corrected chi connectivity index (χ2v) is 9.17. The summed E-state index contributed by atoms with van der Waals surface area (Å²) in [7, 11) is 1.34. The van der Waals surface area contributed by atoms with E-state index in [2.05, 4.69) is 25.3 Å². The molecule has 4 aromatic rings. The number of amides is 1. The third-order valence-electron chi connectivity index (χ3n) is 6.53. The summed E-state index contributed by atoms with van der Waals surface area (Å²) < 4.78 is 51.1. The minimum absolute atomic E-state index is 0.000839. The minimum Gasteiger partial charge on any atom is -0.494 e. The Morgan fingerprint density at radius 1 is 1.23 bits per heavy atom. The molecule has 204 valence electrons. The number of benzene rings is 1. The van der Waals surface area contributed by atoms with E-state index in [4.69, 9.17) is 14.9 Å². The quantitative estimate of drug-likeness (QED) is 0.354. The van der Waals surface area contributed by atoms with Crippen LogP contribution in [0.3, 0.4) is 0 Å². The molecule has 3 N–H and O–H groups in total. The van der Waals surface area contributed by atoms with Gasteiger partial charge in [0.1, 0.15) is 17.0 Å². The number of rotatable bonds is 7. The van der Waals surface area contributed by atoms with Gasteiger partial charge in [0.25, 0.3) is 5.91 Å². The van der Waals surface area contributed by atoms with E-state index in [0.717, 1.165) is 25.5 Å². The molecule has 1 aliphatic rings. The summed E-state index contributed by atoms with van der Waals surface area (Å²) in [4.78, 5) is 32.1. The number of aromatic nitrogens is 4. The summed E-state index contributed by atoms with van der Waals surface area (Å²) in [6.07, 6.45) is 0.502. The summed E-state index contributed by atoms with van der Waals surface area (Å²) in [5.41, 5.74) is 5.37. The highest BCUT2D eigenvalue weighted by Gasteiger charge is 2.33. The second-order valence-electron chi connectivity index (χ2n) is 9.17. The largest absolute Gasteiger partial charge is 0.494 e. The molecule has 0 spiro atoms. The van der Waals surface area contributed by atoms with E-state index in [0.29, 0.717) is 23.4 Å². The van der Waals surface area contributed by atoms with Gasteiger partial charge >= 0.3 is 6.18 Å². The smallest absolute Gasteiger partial charge is 0.433 e. The average Bonchev–Trinajstić information content (AvgIpc) is 3.58. The van der Waals surface area contributed by atoms with Crippen LogP contribution in [0.25, 0.3) is 22.4 Å². The summed E-state index contributed by atoms with van der Waals surface area (Å²) in [5.74, 6) is 0.458. The van der Waals surface area contributed by atoms with Crippen LogP contribution < -0.4 is 20.7 Å². The Balaban J connectivity index is 1.44. The number of hydrogen-bond acceptors (Lipinski definition) is 9. The van der Waals surface area contributed by atoms with Gasteiger partial charge in [-0.1, -0.05) is 0 Å². The van der Waals surface area contributed by atoms with Crippen LogP contribution in [-0.4, -0.2) is 52.1 Å². The lowest BCUT2D eigenvalue weighted by Gasteiger charge is -2.24. The van der Waals surface area contributed by atoms with Gasteiger partial charge in [0.15, 0.2) is 11.5 Å². The van der Waals surface area contributed by atoms with Crippen molar-refractivity contribution in [3.05, 3.63) is 59.9 Å². The monoisotopic (exact) mass is 541 g/mol. The lowest BCUT2D eigenvalue weighted by atomic mass is 10.1. The summed E-state index contributed by atoms with van der Waals surface area (Å²) >= 11 is 0. The third-order valence-corrected chi connectivity index (χ3v) is 6.53. The number of carbonyl (C=O) groups is 1. The van der Waals surface area contributed by atoms with E-state index in [-0.39, 0.29) is 34.7 Å². The molecule has 1 amide bonds. The van der Waals surface area contributed by atoms with Crippen molar-refractivity contribution < 1.29 is 27.1 Å². The number of oxazole rings is 1. The molecule has 39 heavy (non-hydrogen) atoms. The van der Waals surface area contributed by atoms with Crippen LogP contribution in [0.5, 0.6) is 5.75 Å². The molecule has 0 aliphatic carbocycles. The predicted octanol–water partition coefficient (Wildman–Crippen LogP) is 4.13. The Labute approximate surface area is 221 Å². The van der Waals surface area contributed by atoms with Crippen molar-refractivity contribution in [2.75, 3.05) is 25.1 Å². The predicted molar refractivity (Wildman–Crippen MR) is 136 cm³/mol. The highest BCUT2D eigenvalue weighted by molar-refractivity contribution is 5.98. The summed E-state index contributed by atoms with van der Waals surface area (Å²) in [6, 6.07) is 6.28. The fourth-order valence-corrected chi connectivity index (χ4v) is 4.66. The summed E-state index contributed by atoms with van der Waals surface area (Å²) in [6.45, 7) is 2.75. The first kappa shape index (κ1) is 26.4. The van der Waals surface area contributed by atoms with E-state index in [1.807, 2.05) is 4.90 Å². The van der Waals surface area contributed by atoms with Crippen molar-refractivity contribution in [3.8, 4) is 17.2 Å². The molecule has 5 rings (SSSR count). The second kappa shape index (κ2) is 10.5. The fraction of sp³-hybridized carbons (Fsp3) is 0.346. The van der Waals surface area contributed by atoms with Gasteiger partial charge in [-0.2, -0.15) is 13.2 Å². The molecule has 3 aromatic heterocycles. The van der Waals surface area contributed by atoms with E-state index >= 15 is 0 Å². The number of anilines is 1. The number of pyridine rings is 1. The van der Waals surface area contributed by atoms with Crippen LogP contribution >= 0.6 is 0 Å². The lowest BCUT2D eigenvalue weighted by molar-refractivity contribution is -0.140. The van der Waals surface area contributed by atoms with Gasteiger partial charge in [-0.05, 0) is 50.1 Å². The zero-order valence-electron chi connectivity index (χ0n) is 21.2. The molecule has 1 aliphatic heterocycles. The zero-order valence-corrected chi connectivity index (χ0v) is 21.2. The van der Waals surface area contributed by atoms with Crippen LogP contribution in [0.1, 0.15) is 47.7 Å². The van der Waals surface area contributed by atoms with Crippen LogP contribution in [0.2, 0.25) is 0 Å². The van der Waals surface area contributed by atoms with Crippen LogP contribution in [0, 0.1) is 0 Å². The number of nitrogens with two attached hydrogens (primary N) is 1. The molecule has 2 atom stereocenters. The Kier molecular flexibility index (Phi) is 7.08. The number of nitrogens with zero attached hydrogens (tertiary/aromatic N) is 5. The van der Waals surface area contributed by atoms with E-state index in [1.54, 1.807) is 31.5 Å². The van der Waals surface area contributed by atoms with E-state index in [1.165, 1.54) is 19.2 Å². The molecule has 0 radical (unpaired) electrons. The number of alkyl halides is 3. The molecule has 10 nitrogen and oxygen atoms in total. The van der Waals surface area contributed by atoms with Crippen molar-refractivity contribution in [1.82, 2.24) is 25.3 Å². The van der Waals surface area contributed by atoms with Crippen molar-refractivity contribution in [3.63, 3.8) is 0 Å². The number of fused-ring (bicyclic) bond motifs is 1. The van der Waals surface area contributed by atoms with E-state index in [9.17, 15) is 18.0 Å². The van der Waals surface area contributed by atoms with Crippen LogP contribution in [-0.2, 0) is 6.18 Å². The molecule has 0 saturated carbocycles. The molecule has 4 heterocycles. The summed E-state index contributed by atoms with van der Waals surface area (Å²) in [5, 5.41) is 3.22. The molecule has 13 heteroatoms. The van der Waals surface area contributed by atoms with Crippen molar-refractivity contribution in [2.45, 2.75) is 38.0 Å². The van der Waals surface area contributed by atoms with E-state index < -0.39 is 23.8 Å². The third kappa shape index (κ3) is 5.21. The Bertz CT molecular complexity index is 1490. The number of nitrogens with one attached hydrogen (secondary N) is 1. The van der Waals surface area contributed by atoms with Crippen molar-refractivity contribution in [1.29, 1.82) is 0 Å². The molecule has 0 bridgehead atoms. The van der Waals surface area contributed by atoms with Crippen LogP contribution in [0.15, 0.2) is 47.1 Å². The van der Waals surface area contributed by atoms with Gasteiger partial charge in [0.05, 0.1) is 13.2 Å². The Morgan fingerprint density at radius 3 is 2.69 bits per heavy atom. The molecule has 0 unspecified atom stereocenters. The number of halogens is 3. The van der Waals surface area contributed by atoms with Gasteiger partial charge in [-0.25, -0.2) is 19.9 Å². The molecular weight excluding hydrogens is 515 g/mol. The standard InChI is InChI=1S/C26H26F3N7O3/c1-14(30)22-21(23(37)33-13-15-5-3-12-36(15)25-31-10-4-11-32-25)35-24(39-22)17-6-8-18(38-2)20-16(17)7-9-19(34-20)26(27,28)29/h4,6-11,14-15H,3,5,12-13,30H2,1-2H3,(H,33,37)/t14-,15-/m0/s1. The maximum atomic E-state index is 13.3. The number of hydrogen-bond donors (Lipinski definition) is 2. The molecule has 1 saturated heterocycles. The number of ether oxygens (including phenoxy) is 1. The molecular formula is C26H26F3N7O3. The maximum Gasteiger partial charge on any atom is 0.433 e. The normalized spacial score (nSPS) is 16.5. The fourth-order valence-electron chi connectivity index (χ4n) is 4.66. The van der Waals surface area contributed by atoms with Gasteiger partial charge in [-0.3, -0.25) is 4.79 Å². The highest BCUT2D eigenvalue weighted by Crippen LogP contribution is 2.37. The number of methoxy groups -OCH3 is 1. The first-order valence-electron chi connectivity index (χ1n) is 12.3. The average molecular weight is 542 g/mol. The Hall–Kier alpha value is -4.26. The lowest BCUT2D eigenvalue weighted by Crippen LogP contribution is -2.41. The van der Waals surface area contributed by atoms with Gasteiger partial charge in [0, 0.05) is 42.5 Å². The Morgan fingerprint density at radius 2 is 2.00 bits per heavy atom. The van der Waals surface area contributed by atoms with Gasteiger partial charge < -0.3 is 25.1 Å². The van der Waals surface area contributed by atoms with Crippen molar-refractivity contribution >= 4 is 22.8 Å². The topological polar surface area (TPSA) is 132 Å². The van der Waals surface area contributed by atoms with Crippen LogP contribution in [0.4, 0.5) is 19.1 Å². The van der Waals surface area contributed by atoms with Gasteiger partial charge in [0.2, 0.25) is 11.8 Å². The molecule has 1 fully saturated rings. The first-order chi connectivity index (χ1) is 18.7. The van der Waals surface area contributed by atoms with Crippen molar-refractivity contribution in [2.24, 2.45) is 5.73 Å². The maximum absolute atomic E-state index is 13.3. The number of carbonyl (C=O) groups excluding carboxylic acids is 1. The molecule has 1 aromatic carbocycles. The van der Waals surface area contributed by atoms with Gasteiger partial charge in [-0.15, -0.1) is 0 Å². The SMILES string of the molecule is COc1ccc(-c2nc(C(=O)NC[C@@H]3CCCN3c3ncccn3)c([C@H](C)N)o2)c2ccc(C(F)(F)F)nc12. The minimum atomic E-state index is -4.63. The first-order valence-corrected chi connectivity index (χ1v) is 12.3.